The van der Waals surface area contributed by atoms with Crippen LogP contribution in [0.4, 0.5) is 8.78 Å². The Labute approximate surface area is 175 Å². The smallest absolute Gasteiger partial charge is 0.229 e. The van der Waals surface area contributed by atoms with Crippen LogP contribution in [0.3, 0.4) is 0 Å². The molecule has 1 amide bonds. The Morgan fingerprint density at radius 2 is 1.93 bits per heavy atom. The first-order valence-electron chi connectivity index (χ1n) is 11.1. The van der Waals surface area contributed by atoms with E-state index < -0.39 is 24.4 Å². The van der Waals surface area contributed by atoms with Crippen molar-refractivity contribution in [1.29, 1.82) is 0 Å². The number of ether oxygens (including phenoxy) is 1. The number of hydrazine groups is 1. The largest absolute Gasteiger partial charge is 0.380 e. The van der Waals surface area contributed by atoms with Crippen molar-refractivity contribution in [3.8, 4) is 0 Å². The Hall–Kier alpha value is -0.950. The van der Waals surface area contributed by atoms with Crippen LogP contribution in [0.2, 0.25) is 0 Å². The fourth-order valence-corrected chi connectivity index (χ4v) is 5.72. The standard InChI is InChI=1S/C19H33F2N7O2/c20-11-5-24-17-14(16(22)26-28(17)8-11)18(29)25-13-7-23-6-12(21)15(13)27-3-1-19(2-4-27)9-30-10-19/h11-17,23-24,26H,1-10,22H2,(H,25,29). The lowest BCUT2D eigenvalue weighted by molar-refractivity contribution is -0.147. The van der Waals surface area contributed by atoms with E-state index in [0.29, 0.717) is 13.1 Å². The maximum absolute atomic E-state index is 15.0. The van der Waals surface area contributed by atoms with Crippen LogP contribution in [0.5, 0.6) is 0 Å². The summed E-state index contributed by atoms with van der Waals surface area (Å²) in [5.74, 6) is -0.797. The van der Waals surface area contributed by atoms with Gasteiger partial charge < -0.3 is 21.1 Å². The van der Waals surface area contributed by atoms with E-state index in [4.69, 9.17) is 10.5 Å². The molecule has 11 heteroatoms. The zero-order valence-electron chi connectivity index (χ0n) is 17.2. The van der Waals surface area contributed by atoms with E-state index in [1.807, 2.05) is 0 Å². The van der Waals surface area contributed by atoms with Crippen LogP contribution < -0.4 is 27.1 Å². The number of carbonyl (C=O) groups excluding carboxylic acids is 1. The maximum Gasteiger partial charge on any atom is 0.229 e. The van der Waals surface area contributed by atoms with Crippen molar-refractivity contribution < 1.29 is 18.3 Å². The number of amides is 1. The second-order valence-electron chi connectivity index (χ2n) is 9.59. The summed E-state index contributed by atoms with van der Waals surface area (Å²) < 4.78 is 34.1. The van der Waals surface area contributed by atoms with E-state index in [1.165, 1.54) is 0 Å². The zero-order valence-corrected chi connectivity index (χ0v) is 17.2. The normalized spacial score (nSPS) is 44.4. The summed E-state index contributed by atoms with van der Waals surface area (Å²) in [7, 11) is 0. The van der Waals surface area contributed by atoms with Gasteiger partial charge in [0, 0.05) is 31.6 Å². The van der Waals surface area contributed by atoms with Crippen molar-refractivity contribution in [2.24, 2.45) is 17.1 Å². The number of hydrogen-bond acceptors (Lipinski definition) is 8. The Balaban J connectivity index is 1.25. The topological polar surface area (TPSA) is 107 Å². The molecule has 5 heterocycles. The van der Waals surface area contributed by atoms with E-state index in [-0.39, 0.29) is 42.7 Å². The number of nitrogens with one attached hydrogen (secondary N) is 4. The molecule has 0 radical (unpaired) electrons. The first-order chi connectivity index (χ1) is 14.5. The summed E-state index contributed by atoms with van der Waals surface area (Å²) in [5, 5.41) is 10.9. The Morgan fingerprint density at radius 1 is 1.17 bits per heavy atom. The van der Waals surface area contributed by atoms with E-state index in [2.05, 4.69) is 26.3 Å². The number of alkyl halides is 2. The molecule has 170 valence electrons. The lowest BCUT2D eigenvalue weighted by Crippen LogP contribution is -2.68. The van der Waals surface area contributed by atoms with Crippen LogP contribution in [0.1, 0.15) is 12.8 Å². The molecular weight excluding hydrogens is 396 g/mol. The van der Waals surface area contributed by atoms with E-state index in [0.717, 1.165) is 39.1 Å². The third kappa shape index (κ3) is 3.74. The van der Waals surface area contributed by atoms with Crippen molar-refractivity contribution in [2.45, 2.75) is 49.6 Å². The SMILES string of the molecule is NC1NN2CC(F)CNC2C1C(=O)NC1CNCC(F)C1N1CCC2(CC1)COC2. The minimum atomic E-state index is -1.05. The van der Waals surface area contributed by atoms with Crippen molar-refractivity contribution in [3.05, 3.63) is 0 Å². The van der Waals surface area contributed by atoms with Gasteiger partial charge in [0.25, 0.3) is 0 Å². The third-order valence-corrected chi connectivity index (χ3v) is 7.53. The summed E-state index contributed by atoms with van der Waals surface area (Å²) in [5.41, 5.74) is 9.43. The van der Waals surface area contributed by atoms with Gasteiger partial charge in [-0.1, -0.05) is 0 Å². The molecule has 0 bridgehead atoms. The summed E-state index contributed by atoms with van der Waals surface area (Å²) >= 11 is 0. The van der Waals surface area contributed by atoms with Gasteiger partial charge in [-0.15, -0.1) is 0 Å². The predicted octanol–water partition coefficient (Wildman–Crippen LogP) is -2.12. The molecule has 0 aromatic rings. The van der Waals surface area contributed by atoms with Crippen molar-refractivity contribution in [2.75, 3.05) is 52.5 Å². The molecule has 0 saturated carbocycles. The van der Waals surface area contributed by atoms with Gasteiger partial charge in [0.1, 0.15) is 12.3 Å². The fourth-order valence-electron chi connectivity index (χ4n) is 5.72. The van der Waals surface area contributed by atoms with Crippen LogP contribution >= 0.6 is 0 Å². The molecule has 5 aliphatic rings. The van der Waals surface area contributed by atoms with Crippen molar-refractivity contribution >= 4 is 5.91 Å². The molecule has 0 aromatic carbocycles. The van der Waals surface area contributed by atoms with E-state index in [9.17, 15) is 9.18 Å². The molecule has 6 N–H and O–H groups in total. The van der Waals surface area contributed by atoms with Crippen LogP contribution in [0.15, 0.2) is 0 Å². The Kier molecular flexibility index (Phi) is 5.71. The van der Waals surface area contributed by atoms with Gasteiger partial charge in [0.2, 0.25) is 5.91 Å². The molecule has 0 aliphatic carbocycles. The predicted molar refractivity (Wildman–Crippen MR) is 106 cm³/mol. The average molecular weight is 430 g/mol. The second-order valence-corrected chi connectivity index (χ2v) is 9.59. The first-order valence-corrected chi connectivity index (χ1v) is 11.1. The van der Waals surface area contributed by atoms with Gasteiger partial charge in [-0.2, -0.15) is 0 Å². The Morgan fingerprint density at radius 3 is 2.63 bits per heavy atom. The number of rotatable bonds is 3. The number of fused-ring (bicyclic) bond motifs is 1. The zero-order chi connectivity index (χ0) is 20.9. The first kappa shape index (κ1) is 20.9. The molecule has 5 fully saturated rings. The summed E-state index contributed by atoms with van der Waals surface area (Å²) in [6.45, 7) is 4.45. The van der Waals surface area contributed by atoms with E-state index >= 15 is 4.39 Å². The third-order valence-electron chi connectivity index (χ3n) is 7.53. The molecule has 7 atom stereocenters. The second kappa shape index (κ2) is 8.19. The molecule has 9 nitrogen and oxygen atoms in total. The van der Waals surface area contributed by atoms with Gasteiger partial charge in [0.05, 0.1) is 43.5 Å². The van der Waals surface area contributed by atoms with Crippen LogP contribution in [0, 0.1) is 11.3 Å². The highest BCUT2D eigenvalue weighted by atomic mass is 19.1. The molecule has 5 rings (SSSR count). The molecule has 5 saturated heterocycles. The van der Waals surface area contributed by atoms with Gasteiger partial charge in [-0.25, -0.2) is 19.2 Å². The lowest BCUT2D eigenvalue weighted by atomic mass is 9.76. The molecule has 5 aliphatic heterocycles. The highest BCUT2D eigenvalue weighted by molar-refractivity contribution is 5.81. The van der Waals surface area contributed by atoms with E-state index in [1.54, 1.807) is 5.01 Å². The van der Waals surface area contributed by atoms with Crippen molar-refractivity contribution in [3.63, 3.8) is 0 Å². The number of likely N-dealkylation sites (tertiary alicyclic amines) is 1. The molecule has 7 unspecified atom stereocenters. The minimum Gasteiger partial charge on any atom is -0.380 e. The van der Waals surface area contributed by atoms with Gasteiger partial charge in [-0.3, -0.25) is 15.0 Å². The maximum atomic E-state index is 15.0. The quantitative estimate of drug-likeness (QED) is 0.347. The molecule has 30 heavy (non-hydrogen) atoms. The van der Waals surface area contributed by atoms with Crippen LogP contribution in [-0.4, -0.2) is 105 Å². The Bertz CT molecular complexity index is 644. The molecular formula is C19H33F2N7O2. The number of halogens is 2. The lowest BCUT2D eigenvalue weighted by Gasteiger charge is -2.51. The van der Waals surface area contributed by atoms with Gasteiger partial charge in [0.15, 0.2) is 0 Å². The fraction of sp³-hybridized carbons (Fsp3) is 0.947. The number of piperidine rings is 2. The highest BCUT2D eigenvalue weighted by Gasteiger charge is 2.49. The number of nitrogens with zero attached hydrogens (tertiary/aromatic N) is 2. The molecule has 1 spiro atoms. The summed E-state index contributed by atoms with van der Waals surface area (Å²) in [4.78, 5) is 15.4. The van der Waals surface area contributed by atoms with Crippen LogP contribution in [0.25, 0.3) is 0 Å². The minimum absolute atomic E-state index is 0.189. The summed E-state index contributed by atoms with van der Waals surface area (Å²) in [6.07, 6.45) is -1.03. The number of nitrogens with two attached hydrogens (primary N) is 1. The number of hydrogen-bond donors (Lipinski definition) is 5. The molecule has 0 aromatic heterocycles. The summed E-state index contributed by atoms with van der Waals surface area (Å²) in [6, 6.07) is -0.698. The number of carbonyl (C=O) groups is 1. The highest BCUT2D eigenvalue weighted by Crippen LogP contribution is 2.39. The average Bonchev–Trinajstić information content (AvgIpc) is 3.02. The van der Waals surface area contributed by atoms with Crippen molar-refractivity contribution in [1.82, 2.24) is 31.3 Å². The van der Waals surface area contributed by atoms with Gasteiger partial charge in [-0.05, 0) is 25.9 Å². The monoisotopic (exact) mass is 429 g/mol. The van der Waals surface area contributed by atoms with Gasteiger partial charge >= 0.3 is 0 Å². The van der Waals surface area contributed by atoms with Crippen LogP contribution in [-0.2, 0) is 9.53 Å².